The zero-order chi connectivity index (χ0) is 21.9. The topological polar surface area (TPSA) is 88.7 Å². The average molecular weight is 434 g/mol. The Morgan fingerprint density at radius 1 is 1.09 bits per heavy atom. The van der Waals surface area contributed by atoms with Crippen LogP contribution >= 0.6 is 0 Å². The molecular formula is C25H27N3O4. The normalized spacial score (nSPS) is 32.0. The first kappa shape index (κ1) is 19.5. The Hall–Kier alpha value is -3.22. The summed E-state index contributed by atoms with van der Waals surface area (Å²) in [5.41, 5.74) is 1.57. The molecule has 1 spiro atoms. The number of benzene rings is 2. The molecule has 166 valence electrons. The van der Waals surface area contributed by atoms with Crippen LogP contribution in [-0.4, -0.2) is 30.7 Å². The highest BCUT2D eigenvalue weighted by Gasteiger charge is 2.60. The Labute approximate surface area is 186 Å². The van der Waals surface area contributed by atoms with Crippen LogP contribution in [0.5, 0.6) is 11.5 Å². The van der Waals surface area contributed by atoms with E-state index in [0.29, 0.717) is 30.3 Å². The second-order valence-electron chi connectivity index (χ2n) is 9.80. The highest BCUT2D eigenvalue weighted by Crippen LogP contribution is 2.58. The maximum Gasteiger partial charge on any atom is 0.255 e. The van der Waals surface area contributed by atoms with Crippen LogP contribution in [0.15, 0.2) is 42.5 Å². The molecule has 2 heterocycles. The minimum Gasteiger partial charge on any atom is -0.486 e. The monoisotopic (exact) mass is 433 g/mol. The van der Waals surface area contributed by atoms with Crippen LogP contribution in [0.3, 0.4) is 0 Å². The van der Waals surface area contributed by atoms with E-state index in [1.807, 2.05) is 42.5 Å². The third kappa shape index (κ3) is 2.94. The van der Waals surface area contributed by atoms with Crippen LogP contribution in [0.1, 0.15) is 43.0 Å². The molecular weight excluding hydrogens is 406 g/mol. The Morgan fingerprint density at radius 2 is 1.91 bits per heavy atom. The van der Waals surface area contributed by atoms with E-state index >= 15 is 0 Å². The molecule has 2 aliphatic heterocycles. The van der Waals surface area contributed by atoms with Gasteiger partial charge in [0.05, 0.1) is 5.56 Å². The predicted octanol–water partition coefficient (Wildman–Crippen LogP) is 3.77. The lowest BCUT2D eigenvalue weighted by molar-refractivity contribution is -0.134. The highest BCUT2D eigenvalue weighted by atomic mass is 16.6. The largest absolute Gasteiger partial charge is 0.486 e. The first-order chi connectivity index (χ1) is 15.5. The summed E-state index contributed by atoms with van der Waals surface area (Å²) in [7, 11) is 0. The van der Waals surface area contributed by atoms with Gasteiger partial charge in [-0.3, -0.25) is 9.59 Å². The van der Waals surface area contributed by atoms with Crippen LogP contribution in [0.4, 0.5) is 11.4 Å². The molecule has 0 aromatic heterocycles. The van der Waals surface area contributed by atoms with E-state index in [1.54, 1.807) is 0 Å². The quantitative estimate of drug-likeness (QED) is 0.671. The maximum absolute atomic E-state index is 13.4. The fourth-order valence-electron chi connectivity index (χ4n) is 6.20. The molecule has 7 nitrogen and oxygen atoms in total. The Morgan fingerprint density at radius 3 is 2.75 bits per heavy atom. The minimum absolute atomic E-state index is 0.0336. The van der Waals surface area contributed by atoms with Gasteiger partial charge in [-0.25, -0.2) is 0 Å². The van der Waals surface area contributed by atoms with Crippen molar-refractivity contribution in [3.05, 3.63) is 48.0 Å². The molecule has 2 bridgehead atoms. The molecule has 0 saturated heterocycles. The number of carbonyl (C=O) groups excluding carboxylic acids is 2. The van der Waals surface area contributed by atoms with Crippen molar-refractivity contribution in [3.63, 3.8) is 0 Å². The van der Waals surface area contributed by atoms with Crippen LogP contribution in [0.25, 0.3) is 0 Å². The van der Waals surface area contributed by atoms with Gasteiger partial charge in [0.2, 0.25) is 5.91 Å². The summed E-state index contributed by atoms with van der Waals surface area (Å²) in [5, 5.41) is 10.0. The fraction of sp³-hybridized carbons (Fsp3) is 0.440. The van der Waals surface area contributed by atoms with E-state index in [0.717, 1.165) is 37.1 Å². The number of nitrogens with one attached hydrogen (secondary N) is 3. The molecule has 3 unspecified atom stereocenters. The molecule has 7 heteroatoms. The standard InChI is InChI=1S/C25H27N3O4/c1-24-9-8-15(25(14-24)27-19-5-3-2-4-17(19)22(29)28-25)12-18(24)23(30)26-16-6-7-20-21(13-16)32-11-10-31-20/h2-7,13,15,18,27H,8-12,14H2,1H3,(H,26,30)(H,28,29)/t15?,18?,24?,25-/m0/s1. The number of anilines is 2. The second-order valence-corrected chi connectivity index (χ2v) is 9.80. The zero-order valence-corrected chi connectivity index (χ0v) is 18.1. The number of ether oxygens (including phenoxy) is 2. The third-order valence-electron chi connectivity index (χ3n) is 7.80. The summed E-state index contributed by atoms with van der Waals surface area (Å²) in [5.74, 6) is 1.45. The first-order valence-electron chi connectivity index (χ1n) is 11.4. The van der Waals surface area contributed by atoms with Crippen molar-refractivity contribution in [1.82, 2.24) is 5.32 Å². The molecule has 3 fully saturated rings. The lowest BCUT2D eigenvalue weighted by Gasteiger charge is -2.60. The summed E-state index contributed by atoms with van der Waals surface area (Å²) in [6, 6.07) is 13.2. The maximum atomic E-state index is 13.4. The number of rotatable bonds is 2. The van der Waals surface area contributed by atoms with Crippen LogP contribution < -0.4 is 25.4 Å². The lowest BCUT2D eigenvalue weighted by Crippen LogP contribution is -2.70. The molecule has 3 aliphatic carbocycles. The molecule has 7 rings (SSSR count). The molecule has 3 N–H and O–H groups in total. The molecule has 5 aliphatic rings. The summed E-state index contributed by atoms with van der Waals surface area (Å²) in [6.07, 6.45) is 3.42. The fourth-order valence-corrected chi connectivity index (χ4v) is 6.20. The van der Waals surface area contributed by atoms with Gasteiger partial charge >= 0.3 is 0 Å². The molecule has 32 heavy (non-hydrogen) atoms. The van der Waals surface area contributed by atoms with Crippen molar-refractivity contribution in [1.29, 1.82) is 0 Å². The smallest absolute Gasteiger partial charge is 0.255 e. The van der Waals surface area contributed by atoms with Crippen LogP contribution in [0, 0.1) is 17.3 Å². The van der Waals surface area contributed by atoms with Crippen molar-refractivity contribution in [3.8, 4) is 11.5 Å². The van der Waals surface area contributed by atoms with Gasteiger partial charge < -0.3 is 25.4 Å². The number of amides is 2. The minimum atomic E-state index is -0.494. The molecule has 2 aromatic rings. The summed E-state index contributed by atoms with van der Waals surface area (Å²) in [4.78, 5) is 26.2. The first-order valence-corrected chi connectivity index (χ1v) is 11.4. The second kappa shape index (κ2) is 6.89. The van der Waals surface area contributed by atoms with Crippen LogP contribution in [-0.2, 0) is 4.79 Å². The van der Waals surface area contributed by atoms with Gasteiger partial charge in [-0.05, 0) is 55.4 Å². The summed E-state index contributed by atoms with van der Waals surface area (Å²) in [6.45, 7) is 3.24. The van der Waals surface area contributed by atoms with Gasteiger partial charge in [-0.15, -0.1) is 0 Å². The molecule has 0 radical (unpaired) electrons. The van der Waals surface area contributed by atoms with Gasteiger partial charge in [0.25, 0.3) is 5.91 Å². The van der Waals surface area contributed by atoms with Crippen molar-refractivity contribution < 1.29 is 19.1 Å². The third-order valence-corrected chi connectivity index (χ3v) is 7.80. The van der Waals surface area contributed by atoms with Crippen molar-refractivity contribution >= 4 is 23.2 Å². The molecule has 2 aromatic carbocycles. The van der Waals surface area contributed by atoms with E-state index in [-0.39, 0.29) is 29.1 Å². The molecule has 4 atom stereocenters. The van der Waals surface area contributed by atoms with E-state index in [4.69, 9.17) is 9.47 Å². The van der Waals surface area contributed by atoms with Gasteiger partial charge in [-0.2, -0.15) is 0 Å². The molecule has 3 saturated carbocycles. The van der Waals surface area contributed by atoms with Crippen molar-refractivity contribution in [2.24, 2.45) is 17.3 Å². The van der Waals surface area contributed by atoms with E-state index < -0.39 is 5.66 Å². The summed E-state index contributed by atoms with van der Waals surface area (Å²) < 4.78 is 11.2. The SMILES string of the molecule is CC12CCC(CC1C(=O)Nc1ccc3c(c1)OCCO3)[C@]1(C2)NC(=O)c2ccccc2N1. The van der Waals surface area contributed by atoms with E-state index in [2.05, 4.69) is 22.9 Å². The van der Waals surface area contributed by atoms with Gasteiger partial charge in [0, 0.05) is 29.3 Å². The van der Waals surface area contributed by atoms with Crippen molar-refractivity contribution in [2.45, 2.75) is 38.3 Å². The van der Waals surface area contributed by atoms with Crippen molar-refractivity contribution in [2.75, 3.05) is 23.8 Å². The Kier molecular flexibility index (Phi) is 4.19. The lowest BCUT2D eigenvalue weighted by atomic mass is 9.51. The highest BCUT2D eigenvalue weighted by molar-refractivity contribution is 6.02. The predicted molar refractivity (Wildman–Crippen MR) is 120 cm³/mol. The average Bonchev–Trinajstić information content (AvgIpc) is 2.78. The number of carbonyl (C=O) groups is 2. The number of hydrogen-bond acceptors (Lipinski definition) is 5. The number of fused-ring (bicyclic) bond motifs is 4. The summed E-state index contributed by atoms with van der Waals surface area (Å²) >= 11 is 0. The number of para-hydroxylation sites is 1. The van der Waals surface area contributed by atoms with E-state index in [1.165, 1.54) is 0 Å². The van der Waals surface area contributed by atoms with Gasteiger partial charge in [0.1, 0.15) is 18.9 Å². The van der Waals surface area contributed by atoms with Gasteiger partial charge in [0.15, 0.2) is 11.5 Å². The van der Waals surface area contributed by atoms with E-state index in [9.17, 15) is 9.59 Å². The zero-order valence-electron chi connectivity index (χ0n) is 18.1. The number of hydrogen-bond donors (Lipinski definition) is 3. The Balaban J connectivity index is 1.23. The van der Waals surface area contributed by atoms with Gasteiger partial charge in [-0.1, -0.05) is 19.1 Å². The van der Waals surface area contributed by atoms with Crippen LogP contribution in [0.2, 0.25) is 0 Å². The Bertz CT molecular complexity index is 1120. The molecule has 2 amide bonds.